The van der Waals surface area contributed by atoms with E-state index < -0.39 is 0 Å². The maximum Gasteiger partial charge on any atom is 0.108 e. The zero-order chi connectivity index (χ0) is 14.7. The molecule has 0 saturated carbocycles. The molecule has 2 unspecified atom stereocenters. The molecule has 0 radical (unpaired) electrons. The molecule has 2 atom stereocenters. The van der Waals surface area contributed by atoms with Crippen molar-refractivity contribution in [3.05, 3.63) is 59.5 Å². The summed E-state index contributed by atoms with van der Waals surface area (Å²) in [6.45, 7) is 4.59. The summed E-state index contributed by atoms with van der Waals surface area (Å²) in [6.07, 6.45) is 6.49. The topological polar surface area (TPSA) is 25.2 Å². The lowest BCUT2D eigenvalue weighted by Gasteiger charge is -2.29. The second kappa shape index (κ2) is 6.48. The molecule has 0 bridgehead atoms. The first-order chi connectivity index (χ1) is 10.2. The number of aryl methyl sites for hydroxylation is 1. The van der Waals surface area contributed by atoms with Crippen LogP contribution < -0.4 is 5.32 Å². The minimum Gasteiger partial charge on any atom is -0.469 e. The Labute approximate surface area is 127 Å². The van der Waals surface area contributed by atoms with E-state index in [2.05, 4.69) is 55.6 Å². The molecule has 21 heavy (non-hydrogen) atoms. The van der Waals surface area contributed by atoms with Gasteiger partial charge in [0.05, 0.1) is 6.26 Å². The van der Waals surface area contributed by atoms with Crippen LogP contribution in [-0.2, 0) is 6.42 Å². The minimum atomic E-state index is 0.414. The Balaban J connectivity index is 1.80. The summed E-state index contributed by atoms with van der Waals surface area (Å²) >= 11 is 0. The molecule has 2 heteroatoms. The van der Waals surface area contributed by atoms with Gasteiger partial charge in [-0.1, -0.05) is 44.2 Å². The molecule has 1 N–H and O–H groups in total. The molecule has 0 fully saturated rings. The Morgan fingerprint density at radius 1 is 1.19 bits per heavy atom. The summed E-state index contributed by atoms with van der Waals surface area (Å²) in [4.78, 5) is 0. The predicted octanol–water partition coefficient (Wildman–Crippen LogP) is 5.03. The van der Waals surface area contributed by atoms with Crippen molar-refractivity contribution >= 4 is 0 Å². The van der Waals surface area contributed by atoms with E-state index >= 15 is 0 Å². The van der Waals surface area contributed by atoms with Crippen molar-refractivity contribution in [3.63, 3.8) is 0 Å². The summed E-state index contributed by atoms with van der Waals surface area (Å²) in [5.41, 5.74) is 2.76. The van der Waals surface area contributed by atoms with Gasteiger partial charge in [0, 0.05) is 24.1 Å². The number of rotatable bonds is 5. The van der Waals surface area contributed by atoms with Crippen LogP contribution in [0.2, 0.25) is 0 Å². The molecule has 3 rings (SSSR count). The van der Waals surface area contributed by atoms with E-state index in [1.54, 1.807) is 0 Å². The standard InChI is InChI=1S/C19H25NO/c1-14(2)13-18(15-7-4-3-5-8-15)20-17-9-6-10-19-16(17)11-12-21-19/h3-5,7-8,11-12,14,17-18,20H,6,9-10,13H2,1-2H3. The molecule has 1 aliphatic carbocycles. The summed E-state index contributed by atoms with van der Waals surface area (Å²) in [5.74, 6) is 1.85. The van der Waals surface area contributed by atoms with Gasteiger partial charge in [0.25, 0.3) is 0 Å². The molecular formula is C19H25NO. The second-order valence-electron chi connectivity index (χ2n) is 6.50. The van der Waals surface area contributed by atoms with Gasteiger partial charge >= 0.3 is 0 Å². The van der Waals surface area contributed by atoms with Crippen LogP contribution in [0.15, 0.2) is 47.1 Å². The van der Waals surface area contributed by atoms with Gasteiger partial charge in [-0.15, -0.1) is 0 Å². The predicted molar refractivity (Wildman–Crippen MR) is 86.2 cm³/mol. The fourth-order valence-electron chi connectivity index (χ4n) is 3.36. The fraction of sp³-hybridized carbons (Fsp3) is 0.474. The van der Waals surface area contributed by atoms with Crippen molar-refractivity contribution in [1.29, 1.82) is 0 Å². The summed E-state index contributed by atoms with van der Waals surface area (Å²) in [6, 6.07) is 13.8. The van der Waals surface area contributed by atoms with Crippen molar-refractivity contribution in [1.82, 2.24) is 5.32 Å². The van der Waals surface area contributed by atoms with Crippen molar-refractivity contribution in [2.75, 3.05) is 0 Å². The maximum absolute atomic E-state index is 5.61. The monoisotopic (exact) mass is 283 g/mol. The largest absolute Gasteiger partial charge is 0.469 e. The van der Waals surface area contributed by atoms with Crippen molar-refractivity contribution in [2.45, 2.75) is 51.6 Å². The lowest BCUT2D eigenvalue weighted by molar-refractivity contribution is 0.344. The molecule has 1 heterocycles. The number of hydrogen-bond donors (Lipinski definition) is 1. The summed E-state index contributed by atoms with van der Waals surface area (Å²) in [7, 11) is 0. The van der Waals surface area contributed by atoms with E-state index in [1.165, 1.54) is 29.7 Å². The smallest absolute Gasteiger partial charge is 0.108 e. The SMILES string of the molecule is CC(C)CC(NC1CCCc2occc21)c1ccccc1. The number of benzene rings is 1. The van der Waals surface area contributed by atoms with E-state index in [4.69, 9.17) is 4.42 Å². The van der Waals surface area contributed by atoms with Gasteiger partial charge in [-0.2, -0.15) is 0 Å². The Kier molecular flexibility index (Phi) is 4.45. The molecule has 1 aromatic heterocycles. The van der Waals surface area contributed by atoms with Gasteiger partial charge in [0.15, 0.2) is 0 Å². The van der Waals surface area contributed by atoms with Gasteiger partial charge in [-0.05, 0) is 36.8 Å². The first kappa shape index (κ1) is 14.4. The Morgan fingerprint density at radius 2 is 2.00 bits per heavy atom. The minimum absolute atomic E-state index is 0.414. The number of hydrogen-bond acceptors (Lipinski definition) is 2. The van der Waals surface area contributed by atoms with E-state index in [0.29, 0.717) is 18.0 Å². The van der Waals surface area contributed by atoms with E-state index in [-0.39, 0.29) is 0 Å². The Bertz CT molecular complexity index is 558. The van der Waals surface area contributed by atoms with Gasteiger partial charge in [0.2, 0.25) is 0 Å². The van der Waals surface area contributed by atoms with Gasteiger partial charge in [0.1, 0.15) is 5.76 Å². The van der Waals surface area contributed by atoms with Crippen LogP contribution in [-0.4, -0.2) is 0 Å². The van der Waals surface area contributed by atoms with E-state index in [0.717, 1.165) is 12.8 Å². The van der Waals surface area contributed by atoms with Crippen LogP contribution in [0.25, 0.3) is 0 Å². The zero-order valence-corrected chi connectivity index (χ0v) is 13.0. The van der Waals surface area contributed by atoms with Crippen LogP contribution in [0.3, 0.4) is 0 Å². The highest BCUT2D eigenvalue weighted by atomic mass is 16.3. The molecule has 0 amide bonds. The van der Waals surface area contributed by atoms with Crippen molar-refractivity contribution < 1.29 is 4.42 Å². The highest BCUT2D eigenvalue weighted by Gasteiger charge is 2.25. The lowest BCUT2D eigenvalue weighted by Crippen LogP contribution is -2.29. The van der Waals surface area contributed by atoms with Crippen molar-refractivity contribution in [2.24, 2.45) is 5.92 Å². The average molecular weight is 283 g/mol. The van der Waals surface area contributed by atoms with E-state index in [9.17, 15) is 0 Å². The number of nitrogens with one attached hydrogen (secondary N) is 1. The zero-order valence-electron chi connectivity index (χ0n) is 13.0. The summed E-state index contributed by atoms with van der Waals surface area (Å²) < 4.78 is 5.61. The second-order valence-corrected chi connectivity index (χ2v) is 6.50. The van der Waals surface area contributed by atoms with Gasteiger partial charge < -0.3 is 9.73 Å². The quantitative estimate of drug-likeness (QED) is 0.832. The highest BCUT2D eigenvalue weighted by molar-refractivity contribution is 5.26. The van der Waals surface area contributed by atoms with Crippen LogP contribution in [0.4, 0.5) is 0 Å². The molecule has 112 valence electrons. The third kappa shape index (κ3) is 3.38. The van der Waals surface area contributed by atoms with Gasteiger partial charge in [-0.25, -0.2) is 0 Å². The molecule has 2 aromatic rings. The average Bonchev–Trinajstić information content (AvgIpc) is 2.96. The third-order valence-electron chi connectivity index (χ3n) is 4.36. The fourth-order valence-corrected chi connectivity index (χ4v) is 3.36. The lowest BCUT2D eigenvalue weighted by atomic mass is 9.90. The molecule has 2 nitrogen and oxygen atoms in total. The molecular weight excluding hydrogens is 258 g/mol. The third-order valence-corrected chi connectivity index (χ3v) is 4.36. The van der Waals surface area contributed by atoms with Gasteiger partial charge in [-0.3, -0.25) is 0 Å². The molecule has 0 aliphatic heterocycles. The normalized spacial score (nSPS) is 19.5. The Morgan fingerprint density at radius 3 is 2.76 bits per heavy atom. The Hall–Kier alpha value is -1.54. The first-order valence-corrected chi connectivity index (χ1v) is 8.11. The first-order valence-electron chi connectivity index (χ1n) is 8.11. The van der Waals surface area contributed by atoms with Crippen LogP contribution in [0.5, 0.6) is 0 Å². The highest BCUT2D eigenvalue weighted by Crippen LogP contribution is 2.33. The molecule has 1 aromatic carbocycles. The van der Waals surface area contributed by atoms with Crippen LogP contribution in [0, 0.1) is 5.92 Å². The maximum atomic E-state index is 5.61. The summed E-state index contributed by atoms with van der Waals surface area (Å²) in [5, 5.41) is 3.89. The van der Waals surface area contributed by atoms with Crippen LogP contribution >= 0.6 is 0 Å². The molecule has 1 aliphatic rings. The number of fused-ring (bicyclic) bond motifs is 1. The number of furan rings is 1. The molecule has 0 spiro atoms. The van der Waals surface area contributed by atoms with Crippen LogP contribution in [0.1, 0.15) is 62.1 Å². The van der Waals surface area contributed by atoms with E-state index in [1.807, 2.05) is 6.26 Å². The van der Waals surface area contributed by atoms with Crippen molar-refractivity contribution in [3.8, 4) is 0 Å². The molecule has 0 saturated heterocycles.